The van der Waals surface area contributed by atoms with Crippen LogP contribution in [0.5, 0.6) is 0 Å². The summed E-state index contributed by atoms with van der Waals surface area (Å²) in [6.45, 7) is 2.73. The third kappa shape index (κ3) is 2.63. The number of nitriles is 1. The number of anilines is 1. The molecule has 0 bridgehead atoms. The van der Waals surface area contributed by atoms with Crippen molar-refractivity contribution in [3.05, 3.63) is 27.9 Å². The number of piperidine rings is 1. The lowest BCUT2D eigenvalue weighted by atomic mass is 9.98. The average molecular weight is 261 g/mol. The largest absolute Gasteiger partial charge is 0.353 e. The molecule has 2 N–H and O–H groups in total. The van der Waals surface area contributed by atoms with Gasteiger partial charge in [-0.3, -0.25) is 10.1 Å². The van der Waals surface area contributed by atoms with Crippen molar-refractivity contribution in [1.29, 1.82) is 5.26 Å². The lowest BCUT2D eigenvalue weighted by Crippen LogP contribution is -2.46. The van der Waals surface area contributed by atoms with E-state index in [1.807, 2.05) is 17.9 Å². The number of aromatic nitrogens is 1. The molecule has 19 heavy (non-hydrogen) atoms. The highest BCUT2D eigenvalue weighted by Gasteiger charge is 2.26. The first kappa shape index (κ1) is 13.2. The van der Waals surface area contributed by atoms with Crippen LogP contribution in [0.3, 0.4) is 0 Å². The number of nitrogens with zero attached hydrogens (tertiary/aromatic N) is 4. The molecule has 2 atom stereocenters. The lowest BCUT2D eigenvalue weighted by molar-refractivity contribution is -0.385. The van der Waals surface area contributed by atoms with Crippen LogP contribution in [-0.4, -0.2) is 28.5 Å². The topological polar surface area (TPSA) is 109 Å². The van der Waals surface area contributed by atoms with Crippen molar-refractivity contribution in [2.45, 2.75) is 31.8 Å². The monoisotopic (exact) mass is 261 g/mol. The van der Waals surface area contributed by atoms with E-state index in [2.05, 4.69) is 4.98 Å². The minimum Gasteiger partial charge on any atom is -0.353 e. The smallest absolute Gasteiger partial charge is 0.289 e. The van der Waals surface area contributed by atoms with E-state index in [-0.39, 0.29) is 23.3 Å². The van der Waals surface area contributed by atoms with Crippen molar-refractivity contribution < 1.29 is 4.92 Å². The zero-order valence-corrected chi connectivity index (χ0v) is 10.6. The summed E-state index contributed by atoms with van der Waals surface area (Å²) in [6, 6.07) is 3.58. The second-order valence-corrected chi connectivity index (χ2v) is 4.76. The first-order valence-electron chi connectivity index (χ1n) is 6.09. The van der Waals surface area contributed by atoms with Gasteiger partial charge in [0.25, 0.3) is 5.69 Å². The summed E-state index contributed by atoms with van der Waals surface area (Å²) in [5.74, 6) is 0.507. The zero-order chi connectivity index (χ0) is 14.0. The van der Waals surface area contributed by atoms with Gasteiger partial charge in [0, 0.05) is 24.7 Å². The molecular weight excluding hydrogens is 246 g/mol. The summed E-state index contributed by atoms with van der Waals surface area (Å²) in [6.07, 6.45) is 2.84. The summed E-state index contributed by atoms with van der Waals surface area (Å²) in [5, 5.41) is 19.8. The number of nitrogens with two attached hydrogens (primary N) is 1. The van der Waals surface area contributed by atoms with E-state index in [0.717, 1.165) is 12.8 Å². The molecule has 1 aliphatic rings. The van der Waals surface area contributed by atoms with Gasteiger partial charge < -0.3 is 10.6 Å². The SMILES string of the molecule is CC1CC(N)CCN1c1ncc([N+](=O)[O-])cc1C#N. The highest BCUT2D eigenvalue weighted by molar-refractivity contribution is 5.58. The van der Waals surface area contributed by atoms with Crippen molar-refractivity contribution >= 4 is 11.5 Å². The van der Waals surface area contributed by atoms with Crippen molar-refractivity contribution in [2.75, 3.05) is 11.4 Å². The Hall–Kier alpha value is -2.20. The van der Waals surface area contributed by atoms with Crippen LogP contribution in [0.2, 0.25) is 0 Å². The molecule has 2 unspecified atom stereocenters. The summed E-state index contributed by atoms with van der Waals surface area (Å²) >= 11 is 0. The molecule has 0 amide bonds. The molecule has 0 aromatic carbocycles. The zero-order valence-electron chi connectivity index (χ0n) is 10.6. The number of hydrogen-bond donors (Lipinski definition) is 1. The maximum Gasteiger partial charge on any atom is 0.289 e. The third-order valence-electron chi connectivity index (χ3n) is 3.37. The van der Waals surface area contributed by atoms with E-state index in [0.29, 0.717) is 12.4 Å². The van der Waals surface area contributed by atoms with Crippen LogP contribution in [0.4, 0.5) is 11.5 Å². The van der Waals surface area contributed by atoms with E-state index < -0.39 is 4.92 Å². The molecular formula is C12H15N5O2. The van der Waals surface area contributed by atoms with Gasteiger partial charge in [0.05, 0.1) is 4.92 Å². The van der Waals surface area contributed by atoms with Gasteiger partial charge in [-0.1, -0.05) is 0 Å². The Labute approximate surface area is 110 Å². The Bertz CT molecular complexity index is 539. The fourth-order valence-corrected chi connectivity index (χ4v) is 2.38. The quantitative estimate of drug-likeness (QED) is 0.632. The number of rotatable bonds is 2. The molecule has 0 spiro atoms. The van der Waals surface area contributed by atoms with E-state index in [1.54, 1.807) is 0 Å². The summed E-state index contributed by atoms with van der Waals surface area (Å²) in [5.41, 5.74) is 5.97. The van der Waals surface area contributed by atoms with Crippen molar-refractivity contribution in [3.63, 3.8) is 0 Å². The molecule has 1 fully saturated rings. The maximum absolute atomic E-state index is 10.7. The fraction of sp³-hybridized carbons (Fsp3) is 0.500. The molecule has 0 saturated carbocycles. The van der Waals surface area contributed by atoms with E-state index >= 15 is 0 Å². The highest BCUT2D eigenvalue weighted by Crippen LogP contribution is 2.27. The first-order valence-corrected chi connectivity index (χ1v) is 6.09. The minimum atomic E-state index is -0.548. The number of nitro groups is 1. The predicted molar refractivity (Wildman–Crippen MR) is 69.6 cm³/mol. The molecule has 100 valence electrons. The van der Waals surface area contributed by atoms with Crippen LogP contribution >= 0.6 is 0 Å². The second-order valence-electron chi connectivity index (χ2n) is 4.76. The van der Waals surface area contributed by atoms with Gasteiger partial charge >= 0.3 is 0 Å². The number of pyridine rings is 1. The van der Waals surface area contributed by atoms with Gasteiger partial charge in [-0.05, 0) is 19.8 Å². The van der Waals surface area contributed by atoms with Crippen LogP contribution in [0.25, 0.3) is 0 Å². The van der Waals surface area contributed by atoms with Gasteiger partial charge in [-0.2, -0.15) is 5.26 Å². The standard InChI is InChI=1S/C12H15N5O2/c1-8-4-10(14)2-3-16(8)12-9(6-13)5-11(7-15-12)17(18)19/h5,7-8,10H,2-4,14H2,1H3. The summed E-state index contributed by atoms with van der Waals surface area (Å²) in [4.78, 5) is 16.2. The van der Waals surface area contributed by atoms with Crippen LogP contribution in [0.15, 0.2) is 12.3 Å². The highest BCUT2D eigenvalue weighted by atomic mass is 16.6. The fourth-order valence-electron chi connectivity index (χ4n) is 2.38. The molecule has 1 aromatic heterocycles. The van der Waals surface area contributed by atoms with E-state index in [4.69, 9.17) is 11.0 Å². The van der Waals surface area contributed by atoms with Gasteiger partial charge in [0.1, 0.15) is 23.6 Å². The maximum atomic E-state index is 10.7. The van der Waals surface area contributed by atoms with Gasteiger partial charge in [-0.15, -0.1) is 0 Å². The summed E-state index contributed by atoms with van der Waals surface area (Å²) in [7, 11) is 0. The van der Waals surface area contributed by atoms with Crippen molar-refractivity contribution in [2.24, 2.45) is 5.73 Å². The Morgan fingerprint density at radius 1 is 1.68 bits per heavy atom. The van der Waals surface area contributed by atoms with E-state index in [9.17, 15) is 10.1 Å². The van der Waals surface area contributed by atoms with Crippen LogP contribution in [0.1, 0.15) is 25.3 Å². The van der Waals surface area contributed by atoms with Crippen LogP contribution in [-0.2, 0) is 0 Å². The molecule has 2 heterocycles. The van der Waals surface area contributed by atoms with Gasteiger partial charge in [0.15, 0.2) is 0 Å². The molecule has 2 rings (SSSR count). The van der Waals surface area contributed by atoms with Gasteiger partial charge in [-0.25, -0.2) is 4.98 Å². The Morgan fingerprint density at radius 2 is 2.42 bits per heavy atom. The predicted octanol–water partition coefficient (Wildman–Crippen LogP) is 1.18. The Balaban J connectivity index is 2.35. The molecule has 0 aliphatic carbocycles. The van der Waals surface area contributed by atoms with Crippen molar-refractivity contribution in [1.82, 2.24) is 4.98 Å². The van der Waals surface area contributed by atoms with Crippen LogP contribution in [0, 0.1) is 21.4 Å². The van der Waals surface area contributed by atoms with E-state index in [1.165, 1.54) is 12.3 Å². The second kappa shape index (κ2) is 5.20. The Kier molecular flexibility index (Phi) is 3.62. The Morgan fingerprint density at radius 3 is 3.00 bits per heavy atom. The van der Waals surface area contributed by atoms with Crippen LogP contribution < -0.4 is 10.6 Å². The molecule has 7 heteroatoms. The van der Waals surface area contributed by atoms with Crippen molar-refractivity contribution in [3.8, 4) is 6.07 Å². The molecule has 1 aromatic rings. The molecule has 1 aliphatic heterocycles. The average Bonchev–Trinajstić information content (AvgIpc) is 2.38. The summed E-state index contributed by atoms with van der Waals surface area (Å²) < 4.78 is 0. The first-order chi connectivity index (χ1) is 9.02. The minimum absolute atomic E-state index is 0.162. The lowest BCUT2D eigenvalue weighted by Gasteiger charge is -2.37. The third-order valence-corrected chi connectivity index (χ3v) is 3.37. The molecule has 1 saturated heterocycles. The molecule has 0 radical (unpaired) electrons. The molecule has 7 nitrogen and oxygen atoms in total. The van der Waals surface area contributed by atoms with Gasteiger partial charge in [0.2, 0.25) is 0 Å². The normalized spacial score (nSPS) is 22.9. The number of hydrogen-bond acceptors (Lipinski definition) is 6.